The Morgan fingerprint density at radius 2 is 2.23 bits per heavy atom. The summed E-state index contributed by atoms with van der Waals surface area (Å²) in [6.45, 7) is -2.88. The van der Waals surface area contributed by atoms with Crippen LogP contribution < -0.4 is 4.74 Å². The molecule has 0 bridgehead atoms. The first-order valence-electron chi connectivity index (χ1n) is 3.29. The van der Waals surface area contributed by atoms with Crippen LogP contribution in [0.3, 0.4) is 0 Å². The van der Waals surface area contributed by atoms with Crippen molar-refractivity contribution in [1.29, 1.82) is 0 Å². The predicted molar refractivity (Wildman–Crippen MR) is 48.5 cm³/mol. The Labute approximate surface area is 87.0 Å². The molecule has 0 radical (unpaired) electrons. The number of halogens is 4. The zero-order valence-corrected chi connectivity index (χ0v) is 8.65. The van der Waals surface area contributed by atoms with Gasteiger partial charge in [-0.15, -0.1) is 0 Å². The van der Waals surface area contributed by atoms with E-state index in [1.165, 1.54) is 6.07 Å². The van der Waals surface area contributed by atoms with Gasteiger partial charge in [-0.25, -0.2) is 4.98 Å². The van der Waals surface area contributed by atoms with E-state index in [2.05, 4.69) is 25.7 Å². The van der Waals surface area contributed by atoms with Gasteiger partial charge in [0.15, 0.2) is 0 Å². The third kappa shape index (κ3) is 3.44. The first-order chi connectivity index (χ1) is 6.11. The molecule has 0 unspecified atom stereocenters. The molecule has 0 saturated carbocycles. The van der Waals surface area contributed by atoms with Gasteiger partial charge in [-0.3, -0.25) is 0 Å². The second-order valence-electron chi connectivity index (χ2n) is 2.13. The Balaban J connectivity index is 2.88. The molecule has 0 spiro atoms. The van der Waals surface area contributed by atoms with Crippen molar-refractivity contribution in [3.05, 3.63) is 22.8 Å². The lowest BCUT2D eigenvalue weighted by Crippen LogP contribution is -2.04. The number of alkyl halides is 3. The minimum absolute atomic E-state index is 0.169. The van der Waals surface area contributed by atoms with Gasteiger partial charge in [-0.05, 0) is 6.07 Å². The lowest BCUT2D eigenvalue weighted by Gasteiger charge is -2.04. The van der Waals surface area contributed by atoms with Gasteiger partial charge >= 0.3 is 6.61 Å². The first-order valence-corrected chi connectivity index (χ1v) is 4.79. The Morgan fingerprint density at radius 1 is 1.54 bits per heavy atom. The predicted octanol–water partition coefficient (Wildman–Crippen LogP) is 3.23. The molecule has 13 heavy (non-hydrogen) atoms. The van der Waals surface area contributed by atoms with Crippen molar-refractivity contribution in [2.75, 3.05) is 0 Å². The molecule has 0 amide bonds. The zero-order chi connectivity index (χ0) is 9.84. The van der Waals surface area contributed by atoms with Gasteiger partial charge in [-0.1, -0.05) is 27.5 Å². The van der Waals surface area contributed by atoms with Crippen LogP contribution in [0.4, 0.5) is 8.78 Å². The maximum atomic E-state index is 11.8. The van der Waals surface area contributed by atoms with Gasteiger partial charge in [0.2, 0.25) is 5.88 Å². The SMILES string of the molecule is FC(F)Oc1cc(Cl)cc(CBr)n1. The third-order valence-corrected chi connectivity index (χ3v) is 1.96. The number of hydrogen-bond donors (Lipinski definition) is 0. The summed E-state index contributed by atoms with van der Waals surface area (Å²) in [4.78, 5) is 3.76. The molecule has 1 aromatic rings. The summed E-state index contributed by atoms with van der Waals surface area (Å²) in [6, 6.07) is 2.80. The largest absolute Gasteiger partial charge is 0.417 e. The minimum Gasteiger partial charge on any atom is -0.417 e. The highest BCUT2D eigenvalue weighted by atomic mass is 79.9. The number of rotatable bonds is 3. The molecule has 2 nitrogen and oxygen atoms in total. The Kier molecular flexibility index (Phi) is 3.87. The Morgan fingerprint density at radius 3 is 2.77 bits per heavy atom. The third-order valence-electron chi connectivity index (χ3n) is 1.17. The first kappa shape index (κ1) is 10.7. The monoisotopic (exact) mass is 271 g/mol. The van der Waals surface area contributed by atoms with Crippen molar-refractivity contribution in [3.8, 4) is 5.88 Å². The Hall–Kier alpha value is -0.420. The van der Waals surface area contributed by atoms with Crippen LogP contribution in [-0.2, 0) is 5.33 Å². The highest BCUT2D eigenvalue weighted by molar-refractivity contribution is 9.08. The average Bonchev–Trinajstić information content (AvgIpc) is 2.01. The zero-order valence-electron chi connectivity index (χ0n) is 6.31. The molecular weight excluding hydrogens is 267 g/mol. The van der Waals surface area contributed by atoms with Crippen molar-refractivity contribution in [2.45, 2.75) is 11.9 Å². The fourth-order valence-corrected chi connectivity index (χ4v) is 1.25. The summed E-state index contributed by atoms with van der Waals surface area (Å²) >= 11 is 8.75. The molecule has 0 aromatic carbocycles. The summed E-state index contributed by atoms with van der Waals surface area (Å²) in [6.07, 6.45) is 0. The highest BCUT2D eigenvalue weighted by Gasteiger charge is 2.07. The summed E-state index contributed by atoms with van der Waals surface area (Å²) in [5.41, 5.74) is 0.545. The van der Waals surface area contributed by atoms with Gasteiger partial charge in [0.25, 0.3) is 0 Å². The molecule has 0 atom stereocenters. The fraction of sp³-hybridized carbons (Fsp3) is 0.286. The minimum atomic E-state index is -2.88. The fourth-order valence-electron chi connectivity index (χ4n) is 0.745. The number of pyridine rings is 1. The van der Waals surface area contributed by atoms with E-state index in [0.717, 1.165) is 0 Å². The lowest BCUT2D eigenvalue weighted by atomic mass is 10.4. The van der Waals surface area contributed by atoms with Crippen LogP contribution in [0.1, 0.15) is 5.69 Å². The van der Waals surface area contributed by atoms with E-state index in [9.17, 15) is 8.78 Å². The second-order valence-corrected chi connectivity index (χ2v) is 3.12. The molecule has 0 aliphatic carbocycles. The second kappa shape index (κ2) is 4.72. The van der Waals surface area contributed by atoms with E-state index in [-0.39, 0.29) is 5.88 Å². The summed E-state index contributed by atoms with van der Waals surface area (Å²) < 4.78 is 27.6. The van der Waals surface area contributed by atoms with Gasteiger partial charge in [0, 0.05) is 16.4 Å². The van der Waals surface area contributed by atoms with E-state index in [4.69, 9.17) is 11.6 Å². The van der Waals surface area contributed by atoms with Gasteiger partial charge in [-0.2, -0.15) is 8.78 Å². The van der Waals surface area contributed by atoms with Crippen LogP contribution in [0, 0.1) is 0 Å². The van der Waals surface area contributed by atoms with Crippen LogP contribution >= 0.6 is 27.5 Å². The molecule has 1 rings (SSSR count). The summed E-state index contributed by atoms with van der Waals surface area (Å²) in [5, 5.41) is 0.757. The van der Waals surface area contributed by atoms with Gasteiger partial charge < -0.3 is 4.74 Å². The van der Waals surface area contributed by atoms with E-state index in [0.29, 0.717) is 16.0 Å². The molecule has 0 fully saturated rings. The number of hydrogen-bond acceptors (Lipinski definition) is 2. The van der Waals surface area contributed by atoms with Crippen LogP contribution in [0.25, 0.3) is 0 Å². The van der Waals surface area contributed by atoms with Gasteiger partial charge in [0.05, 0.1) is 5.69 Å². The molecule has 0 aliphatic heterocycles. The molecule has 1 aromatic heterocycles. The molecule has 0 N–H and O–H groups in total. The number of ether oxygens (including phenoxy) is 1. The van der Waals surface area contributed by atoms with E-state index in [1.54, 1.807) is 6.07 Å². The van der Waals surface area contributed by atoms with Crippen molar-refractivity contribution in [3.63, 3.8) is 0 Å². The molecule has 72 valence electrons. The molecule has 0 saturated heterocycles. The van der Waals surface area contributed by atoms with E-state index in [1.807, 2.05) is 0 Å². The molecule has 6 heteroatoms. The summed E-state index contributed by atoms with van der Waals surface area (Å²) in [7, 11) is 0. The van der Waals surface area contributed by atoms with Crippen molar-refractivity contribution < 1.29 is 13.5 Å². The van der Waals surface area contributed by atoms with Crippen LogP contribution in [0.2, 0.25) is 5.02 Å². The van der Waals surface area contributed by atoms with E-state index < -0.39 is 6.61 Å². The smallest absolute Gasteiger partial charge is 0.388 e. The molecule has 1 heterocycles. The molecule has 0 aliphatic rings. The molecular formula is C7H5BrClF2NO. The quantitative estimate of drug-likeness (QED) is 0.788. The highest BCUT2D eigenvalue weighted by Crippen LogP contribution is 2.19. The standard InChI is InChI=1S/C7H5BrClF2NO/c8-3-5-1-4(9)2-6(12-5)13-7(10)11/h1-2,7H,3H2. The van der Waals surface area contributed by atoms with Crippen molar-refractivity contribution in [2.24, 2.45) is 0 Å². The Bertz CT molecular complexity index is 298. The maximum Gasteiger partial charge on any atom is 0.388 e. The van der Waals surface area contributed by atoms with Crippen molar-refractivity contribution >= 4 is 27.5 Å². The summed E-state index contributed by atoms with van der Waals surface area (Å²) in [5.74, 6) is -0.169. The number of aromatic nitrogens is 1. The van der Waals surface area contributed by atoms with Crippen molar-refractivity contribution in [1.82, 2.24) is 4.98 Å². The average molecular weight is 272 g/mol. The topological polar surface area (TPSA) is 22.1 Å². The van der Waals surface area contributed by atoms with Crippen LogP contribution in [0.15, 0.2) is 12.1 Å². The maximum absolute atomic E-state index is 11.8. The van der Waals surface area contributed by atoms with Gasteiger partial charge in [0.1, 0.15) is 0 Å². The van der Waals surface area contributed by atoms with Crippen LogP contribution in [0.5, 0.6) is 5.88 Å². The van der Waals surface area contributed by atoms with E-state index >= 15 is 0 Å². The lowest BCUT2D eigenvalue weighted by molar-refractivity contribution is -0.0529. The van der Waals surface area contributed by atoms with Crippen LogP contribution in [-0.4, -0.2) is 11.6 Å². The number of nitrogens with zero attached hydrogens (tertiary/aromatic N) is 1. The normalized spacial score (nSPS) is 10.5.